The van der Waals surface area contributed by atoms with E-state index in [1.54, 1.807) is 30.3 Å². The van der Waals surface area contributed by atoms with Crippen molar-refractivity contribution in [3.05, 3.63) is 59.7 Å². The van der Waals surface area contributed by atoms with Crippen LogP contribution >= 0.6 is 21.6 Å². The molecular weight excluding hydrogens is 292 g/mol. The number of carbonyl (C=O) groups excluding carboxylic acids is 1. The minimum atomic E-state index is -0.950. The minimum Gasteiger partial charge on any atom is -0.478 e. The van der Waals surface area contributed by atoms with Crippen LogP contribution < -0.4 is 0 Å². The Kier molecular flexibility index (Phi) is 4.87. The fraction of sp³-hybridized carbons (Fsp3) is 0.0667. The van der Waals surface area contributed by atoms with Crippen molar-refractivity contribution in [2.24, 2.45) is 0 Å². The van der Waals surface area contributed by atoms with Gasteiger partial charge in [0.1, 0.15) is 0 Å². The quantitative estimate of drug-likeness (QED) is 0.656. The molecule has 0 amide bonds. The van der Waals surface area contributed by atoms with E-state index >= 15 is 0 Å². The maximum Gasteiger partial charge on any atom is 0.336 e. The number of rotatable bonds is 5. The highest BCUT2D eigenvalue weighted by molar-refractivity contribution is 8.76. The van der Waals surface area contributed by atoms with Crippen molar-refractivity contribution in [3.63, 3.8) is 0 Å². The molecule has 3 nitrogen and oxygen atoms in total. The highest BCUT2D eigenvalue weighted by atomic mass is 33.1. The molecule has 102 valence electrons. The van der Waals surface area contributed by atoms with Crippen molar-refractivity contribution in [1.82, 2.24) is 0 Å². The van der Waals surface area contributed by atoms with Gasteiger partial charge < -0.3 is 5.11 Å². The van der Waals surface area contributed by atoms with Crippen molar-refractivity contribution < 1.29 is 14.7 Å². The minimum absolute atomic E-state index is 0.000203. The summed E-state index contributed by atoms with van der Waals surface area (Å²) in [7, 11) is 2.74. The van der Waals surface area contributed by atoms with E-state index in [0.717, 1.165) is 4.90 Å². The van der Waals surface area contributed by atoms with E-state index in [9.17, 15) is 9.59 Å². The van der Waals surface area contributed by atoms with Gasteiger partial charge in [-0.2, -0.15) is 0 Å². The molecule has 0 spiro atoms. The molecule has 5 heteroatoms. The molecule has 0 aliphatic heterocycles. The average Bonchev–Trinajstić information content (AvgIpc) is 2.45. The van der Waals surface area contributed by atoms with Gasteiger partial charge in [-0.25, -0.2) is 4.79 Å². The van der Waals surface area contributed by atoms with Crippen LogP contribution in [-0.2, 0) is 0 Å². The summed E-state index contributed by atoms with van der Waals surface area (Å²) in [4.78, 5) is 24.2. The lowest BCUT2D eigenvalue weighted by atomic mass is 10.1. The fourth-order valence-corrected chi connectivity index (χ4v) is 4.04. The van der Waals surface area contributed by atoms with Crippen molar-refractivity contribution >= 4 is 33.3 Å². The Morgan fingerprint density at radius 2 is 1.30 bits per heavy atom. The van der Waals surface area contributed by atoms with Crippen molar-refractivity contribution in [2.45, 2.75) is 16.7 Å². The topological polar surface area (TPSA) is 54.4 Å². The van der Waals surface area contributed by atoms with Gasteiger partial charge in [-0.15, -0.1) is 0 Å². The fourth-order valence-electron chi connectivity index (χ4n) is 1.64. The van der Waals surface area contributed by atoms with E-state index in [1.807, 2.05) is 18.2 Å². The second-order valence-corrected chi connectivity index (χ2v) is 6.23. The number of hydrogen-bond acceptors (Lipinski definition) is 4. The normalized spacial score (nSPS) is 10.2. The predicted octanol–water partition coefficient (Wildman–Crippen LogP) is 4.39. The SMILES string of the molecule is CC(=O)c1ccccc1SSc1ccccc1C(=O)O. The molecule has 0 fully saturated rings. The number of aromatic carboxylic acids is 1. The maximum atomic E-state index is 11.5. The lowest BCUT2D eigenvalue weighted by molar-refractivity contribution is 0.0693. The number of carboxylic acids is 1. The number of hydrogen-bond donors (Lipinski definition) is 1. The van der Waals surface area contributed by atoms with Gasteiger partial charge in [0.15, 0.2) is 5.78 Å². The smallest absolute Gasteiger partial charge is 0.336 e. The maximum absolute atomic E-state index is 11.5. The summed E-state index contributed by atoms with van der Waals surface area (Å²) in [5.74, 6) is -0.950. The molecule has 0 aliphatic rings. The van der Waals surface area contributed by atoms with Gasteiger partial charge >= 0.3 is 5.97 Å². The molecule has 0 bridgehead atoms. The second-order valence-electron chi connectivity index (χ2n) is 4.02. The Morgan fingerprint density at radius 1 is 0.850 bits per heavy atom. The summed E-state index contributed by atoms with van der Waals surface area (Å²) in [5, 5.41) is 9.13. The zero-order valence-electron chi connectivity index (χ0n) is 10.7. The number of Topliss-reactive ketones (excluding diaryl/α,β-unsaturated/α-hetero) is 1. The summed E-state index contributed by atoms with van der Waals surface area (Å²) < 4.78 is 0. The third-order valence-electron chi connectivity index (χ3n) is 2.61. The lowest BCUT2D eigenvalue weighted by Crippen LogP contribution is -1.97. The molecule has 0 heterocycles. The van der Waals surface area contributed by atoms with Crippen molar-refractivity contribution in [2.75, 3.05) is 0 Å². The molecule has 2 rings (SSSR count). The van der Waals surface area contributed by atoms with Gasteiger partial charge in [-0.3, -0.25) is 4.79 Å². The molecule has 0 radical (unpaired) electrons. The van der Waals surface area contributed by atoms with E-state index in [4.69, 9.17) is 5.11 Å². The first-order valence-electron chi connectivity index (χ1n) is 5.86. The molecule has 0 saturated carbocycles. The molecule has 0 unspecified atom stereocenters. The van der Waals surface area contributed by atoms with Crippen LogP contribution in [0.1, 0.15) is 27.6 Å². The standard InChI is InChI=1S/C15H12O3S2/c1-10(16)11-6-2-4-8-13(11)19-20-14-9-5-3-7-12(14)15(17)18/h2-9H,1H3,(H,17,18). The summed E-state index contributed by atoms with van der Waals surface area (Å²) in [6.45, 7) is 1.52. The van der Waals surface area contributed by atoms with Gasteiger partial charge in [-0.05, 0) is 25.1 Å². The monoisotopic (exact) mass is 304 g/mol. The highest BCUT2D eigenvalue weighted by Gasteiger charge is 2.12. The first-order chi connectivity index (χ1) is 9.59. The van der Waals surface area contributed by atoms with Gasteiger partial charge in [-0.1, -0.05) is 51.9 Å². The Balaban J connectivity index is 2.22. The van der Waals surface area contributed by atoms with Crippen LogP contribution in [-0.4, -0.2) is 16.9 Å². The summed E-state index contributed by atoms with van der Waals surface area (Å²) in [5.41, 5.74) is 0.920. The molecule has 2 aromatic carbocycles. The molecule has 0 aromatic heterocycles. The molecular formula is C15H12O3S2. The number of ketones is 1. The zero-order valence-corrected chi connectivity index (χ0v) is 12.3. The van der Waals surface area contributed by atoms with Crippen molar-refractivity contribution in [1.29, 1.82) is 0 Å². The largest absolute Gasteiger partial charge is 0.478 e. The average molecular weight is 304 g/mol. The van der Waals surface area contributed by atoms with Gasteiger partial charge in [0.25, 0.3) is 0 Å². The van der Waals surface area contributed by atoms with E-state index in [1.165, 1.54) is 28.5 Å². The first-order valence-corrected chi connectivity index (χ1v) is 8.01. The Labute approximate surface area is 124 Å². The van der Waals surface area contributed by atoms with Crippen LogP contribution in [0.15, 0.2) is 58.3 Å². The van der Waals surface area contributed by atoms with Gasteiger partial charge in [0.2, 0.25) is 0 Å². The van der Waals surface area contributed by atoms with E-state index in [0.29, 0.717) is 10.5 Å². The van der Waals surface area contributed by atoms with Gasteiger partial charge in [0, 0.05) is 15.4 Å². The van der Waals surface area contributed by atoms with E-state index in [-0.39, 0.29) is 11.3 Å². The molecule has 1 N–H and O–H groups in total. The Morgan fingerprint density at radius 3 is 1.80 bits per heavy atom. The Bertz CT molecular complexity index is 596. The third kappa shape index (κ3) is 3.43. The van der Waals surface area contributed by atoms with E-state index < -0.39 is 5.97 Å². The Hall–Kier alpha value is -1.72. The molecule has 0 saturated heterocycles. The molecule has 0 atom stereocenters. The van der Waals surface area contributed by atoms with Crippen LogP contribution in [0.4, 0.5) is 0 Å². The van der Waals surface area contributed by atoms with Crippen LogP contribution in [0, 0.1) is 0 Å². The highest BCUT2D eigenvalue weighted by Crippen LogP contribution is 2.40. The van der Waals surface area contributed by atoms with Gasteiger partial charge in [0.05, 0.1) is 5.56 Å². The lowest BCUT2D eigenvalue weighted by Gasteiger charge is -2.07. The van der Waals surface area contributed by atoms with Crippen LogP contribution in [0.25, 0.3) is 0 Å². The summed E-state index contributed by atoms with van der Waals surface area (Å²) in [6.07, 6.45) is 0. The van der Waals surface area contributed by atoms with E-state index in [2.05, 4.69) is 0 Å². The number of carboxylic acid groups (broad SMARTS) is 1. The molecule has 0 aliphatic carbocycles. The summed E-state index contributed by atoms with van der Waals surface area (Å²) >= 11 is 0. The van der Waals surface area contributed by atoms with Crippen molar-refractivity contribution in [3.8, 4) is 0 Å². The molecule has 2 aromatic rings. The predicted molar refractivity (Wildman–Crippen MR) is 81.6 cm³/mol. The second kappa shape index (κ2) is 6.63. The zero-order chi connectivity index (χ0) is 14.5. The molecule has 20 heavy (non-hydrogen) atoms. The van der Waals surface area contributed by atoms with Crippen LogP contribution in [0.2, 0.25) is 0 Å². The van der Waals surface area contributed by atoms with Crippen LogP contribution in [0.3, 0.4) is 0 Å². The number of carbonyl (C=O) groups is 2. The third-order valence-corrected chi connectivity index (χ3v) is 5.09. The number of benzene rings is 2. The van der Waals surface area contributed by atoms with Crippen LogP contribution in [0.5, 0.6) is 0 Å². The first kappa shape index (κ1) is 14.7. The summed E-state index contributed by atoms with van der Waals surface area (Å²) in [6, 6.07) is 14.1.